The van der Waals surface area contributed by atoms with Gasteiger partial charge in [-0.3, -0.25) is 4.79 Å². The van der Waals surface area contributed by atoms with Crippen molar-refractivity contribution in [3.05, 3.63) is 68.7 Å². The molecule has 4 aromatic rings. The second kappa shape index (κ2) is 5.69. The minimum Gasteiger partial charge on any atom is -0.321 e. The molecule has 0 atom stereocenters. The summed E-state index contributed by atoms with van der Waals surface area (Å²) >= 11 is 1.40. The number of rotatable bonds is 3. The number of hydrogen-bond acceptors (Lipinski definition) is 4. The van der Waals surface area contributed by atoms with Gasteiger partial charge in [0, 0.05) is 21.9 Å². The van der Waals surface area contributed by atoms with Crippen LogP contribution in [0, 0.1) is 4.91 Å². The highest BCUT2D eigenvalue weighted by atomic mass is 32.1. The van der Waals surface area contributed by atoms with Gasteiger partial charge in [-0.25, -0.2) is 0 Å². The number of nitrogens with zero attached hydrogens (tertiary/aromatic N) is 1. The number of fused-ring (bicyclic) bond motifs is 3. The Balaban J connectivity index is 2.21. The largest absolute Gasteiger partial charge is 0.321 e. The van der Waals surface area contributed by atoms with Crippen molar-refractivity contribution < 1.29 is 0 Å². The van der Waals surface area contributed by atoms with Gasteiger partial charge in [-0.2, -0.15) is 0 Å². The van der Waals surface area contributed by atoms with E-state index in [1.165, 1.54) is 16.9 Å². The zero-order valence-electron chi connectivity index (χ0n) is 13.0. The van der Waals surface area contributed by atoms with Gasteiger partial charge in [-0.05, 0) is 46.3 Å². The number of aryl methyl sites for hydroxylation is 1. The summed E-state index contributed by atoms with van der Waals surface area (Å²) in [4.78, 5) is 26.6. The normalized spacial score (nSPS) is 11.2. The number of thiophene rings is 1. The lowest BCUT2D eigenvalue weighted by Gasteiger charge is -2.11. The van der Waals surface area contributed by atoms with Crippen LogP contribution < -0.4 is 5.56 Å². The van der Waals surface area contributed by atoms with Crippen LogP contribution in [0.5, 0.6) is 0 Å². The van der Waals surface area contributed by atoms with Crippen LogP contribution in [0.1, 0.15) is 12.5 Å². The molecule has 0 bridgehead atoms. The van der Waals surface area contributed by atoms with Crippen molar-refractivity contribution in [2.45, 2.75) is 13.3 Å². The van der Waals surface area contributed by atoms with E-state index in [1.54, 1.807) is 12.1 Å². The van der Waals surface area contributed by atoms with Gasteiger partial charge in [0.25, 0.3) is 5.56 Å². The Hall–Kier alpha value is -2.79. The fourth-order valence-corrected chi connectivity index (χ4v) is 3.95. The maximum absolute atomic E-state index is 12.2. The Kier molecular flexibility index (Phi) is 3.50. The molecule has 2 aromatic heterocycles. The highest BCUT2D eigenvalue weighted by Crippen LogP contribution is 2.40. The van der Waals surface area contributed by atoms with E-state index >= 15 is 0 Å². The van der Waals surface area contributed by atoms with E-state index in [4.69, 9.17) is 0 Å². The van der Waals surface area contributed by atoms with Gasteiger partial charge in [0.2, 0.25) is 0 Å². The molecule has 1 N–H and O–H groups in total. The van der Waals surface area contributed by atoms with Crippen LogP contribution in [-0.4, -0.2) is 4.98 Å². The molecule has 0 spiro atoms. The predicted molar refractivity (Wildman–Crippen MR) is 100 cm³/mol. The third kappa shape index (κ3) is 2.17. The van der Waals surface area contributed by atoms with E-state index in [2.05, 4.69) is 29.2 Å². The number of aromatic nitrogens is 1. The molecule has 0 radical (unpaired) electrons. The standard InChI is InChI=1S/C19H14N2O2S/c1-2-11-4-3-5-12(10-11)16-15(21-23)7-6-14-17(16)13-8-9-24-18(13)19(22)20-14/h3-10H,2H2,1H3,(H,20,22). The van der Waals surface area contributed by atoms with E-state index in [-0.39, 0.29) is 5.56 Å². The van der Waals surface area contributed by atoms with E-state index in [0.717, 1.165) is 33.8 Å². The molecule has 0 fully saturated rings. The molecule has 2 heterocycles. The molecule has 5 heteroatoms. The number of aromatic amines is 1. The molecule has 4 rings (SSSR count). The van der Waals surface area contributed by atoms with Crippen LogP contribution in [0.15, 0.2) is 57.8 Å². The first-order valence-electron chi connectivity index (χ1n) is 7.71. The van der Waals surface area contributed by atoms with Crippen LogP contribution in [0.4, 0.5) is 5.69 Å². The van der Waals surface area contributed by atoms with Crippen LogP contribution in [0.2, 0.25) is 0 Å². The lowest BCUT2D eigenvalue weighted by molar-refractivity contribution is 1.14. The van der Waals surface area contributed by atoms with Crippen LogP contribution in [-0.2, 0) is 6.42 Å². The van der Waals surface area contributed by atoms with Crippen molar-refractivity contribution in [2.24, 2.45) is 5.18 Å². The number of pyridine rings is 1. The monoisotopic (exact) mass is 334 g/mol. The molecule has 0 saturated carbocycles. The summed E-state index contributed by atoms with van der Waals surface area (Å²) in [7, 11) is 0. The molecule has 0 unspecified atom stereocenters. The number of nitrogens with one attached hydrogen (secondary N) is 1. The minimum atomic E-state index is -0.104. The average Bonchev–Trinajstić information content (AvgIpc) is 3.11. The molecule has 4 nitrogen and oxygen atoms in total. The van der Waals surface area contributed by atoms with Gasteiger partial charge < -0.3 is 4.98 Å². The quantitative estimate of drug-likeness (QED) is 0.512. The Labute approximate surface area is 141 Å². The second-order valence-electron chi connectivity index (χ2n) is 5.64. The van der Waals surface area contributed by atoms with Crippen molar-refractivity contribution in [1.82, 2.24) is 4.98 Å². The maximum Gasteiger partial charge on any atom is 0.266 e. The van der Waals surface area contributed by atoms with Crippen molar-refractivity contribution in [2.75, 3.05) is 0 Å². The lowest BCUT2D eigenvalue weighted by Crippen LogP contribution is -2.04. The van der Waals surface area contributed by atoms with Gasteiger partial charge in [0.15, 0.2) is 0 Å². The highest BCUT2D eigenvalue weighted by molar-refractivity contribution is 7.17. The molecule has 118 valence electrons. The first kappa shape index (κ1) is 14.8. The van der Waals surface area contributed by atoms with Crippen LogP contribution in [0.25, 0.3) is 32.1 Å². The van der Waals surface area contributed by atoms with E-state index < -0.39 is 0 Å². The van der Waals surface area contributed by atoms with E-state index in [0.29, 0.717) is 10.4 Å². The van der Waals surface area contributed by atoms with Crippen molar-refractivity contribution in [1.29, 1.82) is 0 Å². The first-order valence-corrected chi connectivity index (χ1v) is 8.59. The van der Waals surface area contributed by atoms with Crippen molar-refractivity contribution in [3.8, 4) is 11.1 Å². The minimum absolute atomic E-state index is 0.104. The number of H-pyrrole nitrogens is 1. The van der Waals surface area contributed by atoms with Crippen molar-refractivity contribution in [3.63, 3.8) is 0 Å². The molecule has 0 aliphatic carbocycles. The molecule has 0 aliphatic rings. The summed E-state index contributed by atoms with van der Waals surface area (Å²) in [6.07, 6.45) is 0.910. The molecule has 2 aromatic carbocycles. The zero-order chi connectivity index (χ0) is 16.7. The molecular formula is C19H14N2O2S. The van der Waals surface area contributed by atoms with Gasteiger partial charge in [-0.15, -0.1) is 16.2 Å². The molecule has 0 saturated heterocycles. The molecule has 0 aliphatic heterocycles. The van der Waals surface area contributed by atoms with Crippen LogP contribution >= 0.6 is 11.3 Å². The second-order valence-corrected chi connectivity index (χ2v) is 6.56. The smallest absolute Gasteiger partial charge is 0.266 e. The fourth-order valence-electron chi connectivity index (χ4n) is 3.15. The van der Waals surface area contributed by atoms with E-state index in [9.17, 15) is 9.70 Å². The van der Waals surface area contributed by atoms with E-state index in [1.807, 2.05) is 23.6 Å². The van der Waals surface area contributed by atoms with Gasteiger partial charge in [-0.1, -0.05) is 31.2 Å². The zero-order valence-corrected chi connectivity index (χ0v) is 13.8. The molecular weight excluding hydrogens is 320 g/mol. The maximum atomic E-state index is 12.2. The molecule has 24 heavy (non-hydrogen) atoms. The Bertz CT molecular complexity index is 1140. The summed E-state index contributed by atoms with van der Waals surface area (Å²) in [5.41, 5.74) is 3.90. The Morgan fingerprint density at radius 3 is 2.83 bits per heavy atom. The summed E-state index contributed by atoms with van der Waals surface area (Å²) < 4.78 is 0.665. The lowest BCUT2D eigenvalue weighted by atomic mass is 9.95. The summed E-state index contributed by atoms with van der Waals surface area (Å²) in [5.74, 6) is 0. The fraction of sp³-hybridized carbons (Fsp3) is 0.105. The number of hydrogen-bond donors (Lipinski definition) is 1. The highest BCUT2D eigenvalue weighted by Gasteiger charge is 2.16. The van der Waals surface area contributed by atoms with Gasteiger partial charge in [0.1, 0.15) is 10.4 Å². The SMILES string of the molecule is CCc1cccc(-c2c(N=O)ccc3[nH]c(=O)c4sccc4c23)c1. The average molecular weight is 334 g/mol. The Morgan fingerprint density at radius 2 is 2.04 bits per heavy atom. The predicted octanol–water partition coefficient (Wildman–Crippen LogP) is 5.37. The molecule has 0 amide bonds. The van der Waals surface area contributed by atoms with Gasteiger partial charge >= 0.3 is 0 Å². The van der Waals surface area contributed by atoms with Gasteiger partial charge in [0.05, 0.1) is 0 Å². The summed E-state index contributed by atoms with van der Waals surface area (Å²) in [6.45, 7) is 2.09. The number of benzene rings is 2. The topological polar surface area (TPSA) is 62.3 Å². The summed E-state index contributed by atoms with van der Waals surface area (Å²) in [5, 5.41) is 6.86. The number of nitroso groups, excluding NO2 is 1. The third-order valence-electron chi connectivity index (χ3n) is 4.29. The summed E-state index contributed by atoms with van der Waals surface area (Å²) in [6, 6.07) is 13.4. The third-order valence-corrected chi connectivity index (χ3v) is 5.21. The van der Waals surface area contributed by atoms with Crippen molar-refractivity contribution >= 4 is 38.0 Å². The Morgan fingerprint density at radius 1 is 1.17 bits per heavy atom. The first-order chi connectivity index (χ1) is 11.7. The van der Waals surface area contributed by atoms with Crippen LogP contribution in [0.3, 0.4) is 0 Å².